The van der Waals surface area contributed by atoms with Crippen LogP contribution in [0.1, 0.15) is 31.2 Å². The van der Waals surface area contributed by atoms with Crippen molar-refractivity contribution in [2.45, 2.75) is 25.7 Å². The zero-order valence-electron chi connectivity index (χ0n) is 11.3. The van der Waals surface area contributed by atoms with Gasteiger partial charge in [0.1, 0.15) is 5.92 Å². The molecule has 0 aromatic heterocycles. The van der Waals surface area contributed by atoms with Crippen molar-refractivity contribution in [1.29, 1.82) is 5.26 Å². The summed E-state index contributed by atoms with van der Waals surface area (Å²) < 4.78 is 5.35. The van der Waals surface area contributed by atoms with Gasteiger partial charge in [-0.2, -0.15) is 5.26 Å². The Bertz CT molecular complexity index is 412. The summed E-state index contributed by atoms with van der Waals surface area (Å²) in [5, 5.41) is 11.8. The second-order valence-corrected chi connectivity index (χ2v) is 4.23. The molecular formula is C15H20N2O2. The van der Waals surface area contributed by atoms with Gasteiger partial charge in [-0.25, -0.2) is 0 Å². The minimum absolute atomic E-state index is 0.271. The molecule has 1 aromatic carbocycles. The fourth-order valence-corrected chi connectivity index (χ4v) is 1.63. The zero-order valence-corrected chi connectivity index (χ0v) is 11.3. The molecule has 0 aliphatic heterocycles. The van der Waals surface area contributed by atoms with Crippen molar-refractivity contribution in [3.8, 4) is 6.07 Å². The number of rotatable bonds is 8. The van der Waals surface area contributed by atoms with Crippen LogP contribution < -0.4 is 5.32 Å². The van der Waals surface area contributed by atoms with Crippen LogP contribution in [-0.2, 0) is 9.53 Å². The number of nitrogens with zero attached hydrogens (tertiary/aromatic N) is 1. The predicted molar refractivity (Wildman–Crippen MR) is 73.5 cm³/mol. The fraction of sp³-hybridized carbons (Fsp3) is 0.467. The van der Waals surface area contributed by atoms with Crippen molar-refractivity contribution >= 4 is 5.91 Å². The maximum Gasteiger partial charge on any atom is 0.241 e. The van der Waals surface area contributed by atoms with Crippen LogP contribution in [-0.4, -0.2) is 25.7 Å². The Hall–Kier alpha value is -1.86. The summed E-state index contributed by atoms with van der Waals surface area (Å²) in [5.41, 5.74) is 0.717. The highest BCUT2D eigenvalue weighted by molar-refractivity contribution is 5.86. The van der Waals surface area contributed by atoms with E-state index >= 15 is 0 Å². The molecule has 1 rings (SSSR count). The molecule has 0 fully saturated rings. The summed E-state index contributed by atoms with van der Waals surface area (Å²) in [6.45, 7) is 3.74. The van der Waals surface area contributed by atoms with Crippen molar-refractivity contribution in [3.63, 3.8) is 0 Å². The number of ether oxygens (including phenoxy) is 1. The molecular weight excluding hydrogens is 240 g/mol. The van der Waals surface area contributed by atoms with Crippen LogP contribution in [0.5, 0.6) is 0 Å². The Balaban J connectivity index is 2.34. The number of carbonyl (C=O) groups excluding carboxylic acids is 1. The molecule has 0 aliphatic rings. The van der Waals surface area contributed by atoms with Crippen LogP contribution in [0.3, 0.4) is 0 Å². The Labute approximate surface area is 114 Å². The second kappa shape index (κ2) is 9.12. The van der Waals surface area contributed by atoms with Gasteiger partial charge < -0.3 is 10.1 Å². The number of unbranched alkanes of at least 4 members (excludes halogenated alkanes) is 1. The number of benzene rings is 1. The topological polar surface area (TPSA) is 62.1 Å². The molecule has 1 amide bonds. The monoisotopic (exact) mass is 260 g/mol. The van der Waals surface area contributed by atoms with Gasteiger partial charge in [0.2, 0.25) is 5.91 Å². The number of nitrogens with one attached hydrogen (secondary N) is 1. The molecule has 0 radical (unpaired) electrons. The molecule has 102 valence electrons. The molecule has 1 atom stereocenters. The molecule has 0 heterocycles. The largest absolute Gasteiger partial charge is 0.380 e. The molecule has 4 nitrogen and oxygen atoms in total. The van der Waals surface area contributed by atoms with Crippen LogP contribution in [0.25, 0.3) is 0 Å². The highest BCUT2D eigenvalue weighted by Gasteiger charge is 2.18. The number of hydrogen-bond donors (Lipinski definition) is 1. The van der Waals surface area contributed by atoms with E-state index in [-0.39, 0.29) is 5.91 Å². The van der Waals surface area contributed by atoms with Crippen LogP contribution in [0.2, 0.25) is 0 Å². The average Bonchev–Trinajstić information content (AvgIpc) is 2.45. The van der Waals surface area contributed by atoms with E-state index in [4.69, 9.17) is 10.00 Å². The summed E-state index contributed by atoms with van der Waals surface area (Å²) in [6.07, 6.45) is 2.12. The number of hydrogen-bond acceptors (Lipinski definition) is 3. The highest BCUT2D eigenvalue weighted by atomic mass is 16.5. The first-order valence-corrected chi connectivity index (χ1v) is 6.59. The van der Waals surface area contributed by atoms with Crippen molar-refractivity contribution in [3.05, 3.63) is 35.9 Å². The van der Waals surface area contributed by atoms with Gasteiger partial charge in [0.15, 0.2) is 0 Å². The Kier molecular flexibility index (Phi) is 7.30. The summed E-state index contributed by atoms with van der Waals surface area (Å²) >= 11 is 0. The van der Waals surface area contributed by atoms with Crippen molar-refractivity contribution in [1.82, 2.24) is 5.32 Å². The number of amides is 1. The number of nitriles is 1. The van der Waals surface area contributed by atoms with Gasteiger partial charge in [-0.05, 0) is 12.0 Å². The lowest BCUT2D eigenvalue weighted by molar-refractivity contribution is -0.121. The van der Waals surface area contributed by atoms with Gasteiger partial charge in [-0.3, -0.25) is 4.79 Å². The first-order chi connectivity index (χ1) is 9.29. The van der Waals surface area contributed by atoms with Gasteiger partial charge in [0, 0.05) is 13.2 Å². The third-order valence-electron chi connectivity index (χ3n) is 2.71. The third-order valence-corrected chi connectivity index (χ3v) is 2.71. The average molecular weight is 260 g/mol. The second-order valence-electron chi connectivity index (χ2n) is 4.23. The fourth-order valence-electron chi connectivity index (χ4n) is 1.63. The van der Waals surface area contributed by atoms with E-state index in [1.54, 1.807) is 12.1 Å². The molecule has 0 bridgehead atoms. The summed E-state index contributed by atoms with van der Waals surface area (Å²) in [4.78, 5) is 11.9. The van der Waals surface area contributed by atoms with E-state index in [1.165, 1.54) is 0 Å². The minimum atomic E-state index is -0.753. The van der Waals surface area contributed by atoms with E-state index in [0.29, 0.717) is 19.8 Å². The predicted octanol–water partition coefficient (Wildman–Crippen LogP) is 2.23. The molecule has 1 N–H and O–H groups in total. The van der Waals surface area contributed by atoms with Crippen LogP contribution in [0.4, 0.5) is 0 Å². The molecule has 1 aromatic rings. The van der Waals surface area contributed by atoms with Gasteiger partial charge in [0.25, 0.3) is 0 Å². The molecule has 19 heavy (non-hydrogen) atoms. The Morgan fingerprint density at radius 1 is 1.37 bits per heavy atom. The normalized spacial score (nSPS) is 11.6. The molecule has 4 heteroatoms. The maximum absolute atomic E-state index is 11.9. The summed E-state index contributed by atoms with van der Waals surface area (Å²) in [5.74, 6) is -1.02. The summed E-state index contributed by atoms with van der Waals surface area (Å²) in [6, 6.07) is 11.1. The first-order valence-electron chi connectivity index (χ1n) is 6.59. The Morgan fingerprint density at radius 2 is 2.11 bits per heavy atom. The standard InChI is InChI=1S/C15H20N2O2/c1-2-3-10-19-11-9-17-15(18)14(12-16)13-7-5-4-6-8-13/h4-8,14H,2-3,9-11H2,1H3,(H,17,18). The number of carbonyl (C=O) groups is 1. The van der Waals surface area contributed by atoms with Crippen molar-refractivity contribution in [2.75, 3.05) is 19.8 Å². The van der Waals surface area contributed by atoms with Crippen LogP contribution in [0.15, 0.2) is 30.3 Å². The quantitative estimate of drug-likeness (QED) is 0.729. The lowest BCUT2D eigenvalue weighted by Gasteiger charge is -2.10. The van der Waals surface area contributed by atoms with Crippen molar-refractivity contribution < 1.29 is 9.53 Å². The van der Waals surface area contributed by atoms with Crippen LogP contribution in [0, 0.1) is 11.3 Å². The first kappa shape index (κ1) is 15.2. The van der Waals surface area contributed by atoms with E-state index in [1.807, 2.05) is 24.3 Å². The lowest BCUT2D eigenvalue weighted by atomic mass is 10.00. The summed E-state index contributed by atoms with van der Waals surface area (Å²) in [7, 11) is 0. The molecule has 0 spiro atoms. The van der Waals surface area contributed by atoms with Gasteiger partial charge in [0.05, 0.1) is 12.7 Å². The molecule has 1 unspecified atom stereocenters. The van der Waals surface area contributed by atoms with Crippen molar-refractivity contribution in [2.24, 2.45) is 0 Å². The SMILES string of the molecule is CCCCOCCNC(=O)C(C#N)c1ccccc1. The Morgan fingerprint density at radius 3 is 2.74 bits per heavy atom. The third kappa shape index (κ3) is 5.54. The molecule has 0 aliphatic carbocycles. The maximum atomic E-state index is 11.9. The van der Waals surface area contributed by atoms with Gasteiger partial charge in [-0.15, -0.1) is 0 Å². The molecule has 0 saturated carbocycles. The highest BCUT2D eigenvalue weighted by Crippen LogP contribution is 2.14. The van der Waals surface area contributed by atoms with E-state index < -0.39 is 5.92 Å². The van der Waals surface area contributed by atoms with E-state index in [2.05, 4.69) is 12.2 Å². The van der Waals surface area contributed by atoms with E-state index in [9.17, 15) is 4.79 Å². The van der Waals surface area contributed by atoms with Crippen LogP contribution >= 0.6 is 0 Å². The smallest absolute Gasteiger partial charge is 0.241 e. The minimum Gasteiger partial charge on any atom is -0.380 e. The molecule has 0 saturated heterocycles. The van der Waals surface area contributed by atoms with Gasteiger partial charge in [-0.1, -0.05) is 43.7 Å². The zero-order chi connectivity index (χ0) is 13.9. The van der Waals surface area contributed by atoms with E-state index in [0.717, 1.165) is 18.4 Å². The van der Waals surface area contributed by atoms with Gasteiger partial charge >= 0.3 is 0 Å². The lowest BCUT2D eigenvalue weighted by Crippen LogP contribution is -2.31.